The molecule has 7 heteroatoms. The number of nitrogens with zero attached hydrogens (tertiary/aromatic N) is 1. The molecule has 132 valence electrons. The van der Waals surface area contributed by atoms with Gasteiger partial charge in [-0.3, -0.25) is 9.59 Å². The van der Waals surface area contributed by atoms with Crippen molar-refractivity contribution in [3.8, 4) is 11.6 Å². The molecule has 2 aromatic rings. The summed E-state index contributed by atoms with van der Waals surface area (Å²) >= 11 is 0. The molecule has 0 spiro atoms. The molecule has 1 aromatic carbocycles. The van der Waals surface area contributed by atoms with E-state index in [2.05, 4.69) is 10.3 Å². The van der Waals surface area contributed by atoms with Gasteiger partial charge in [0.25, 0.3) is 5.91 Å². The van der Waals surface area contributed by atoms with Crippen molar-refractivity contribution in [3.63, 3.8) is 0 Å². The Morgan fingerprint density at radius 2 is 1.96 bits per heavy atom. The molecule has 0 saturated carbocycles. The average molecular weight is 344 g/mol. The maximum absolute atomic E-state index is 12.6. The standard InChI is InChI=1S/C18H20N2O5/c1-18(10-16(21)22,13-5-4-6-14(9-13)24-2)20-17(23)12-7-8-15(25-3)19-11-12/h4-9,11H,10H2,1-3H3,(H,20,23)(H,21,22). The van der Waals surface area contributed by atoms with Gasteiger partial charge < -0.3 is 19.9 Å². The molecular weight excluding hydrogens is 324 g/mol. The molecule has 1 amide bonds. The van der Waals surface area contributed by atoms with Crippen LogP contribution in [0.4, 0.5) is 0 Å². The van der Waals surface area contributed by atoms with Crippen molar-refractivity contribution < 1.29 is 24.2 Å². The van der Waals surface area contributed by atoms with E-state index in [1.807, 2.05) is 0 Å². The molecule has 7 nitrogen and oxygen atoms in total. The van der Waals surface area contributed by atoms with Gasteiger partial charge in [-0.1, -0.05) is 12.1 Å². The van der Waals surface area contributed by atoms with Gasteiger partial charge in [-0.05, 0) is 30.7 Å². The maximum atomic E-state index is 12.6. The van der Waals surface area contributed by atoms with E-state index in [-0.39, 0.29) is 6.42 Å². The zero-order valence-corrected chi connectivity index (χ0v) is 14.3. The van der Waals surface area contributed by atoms with Gasteiger partial charge in [-0.2, -0.15) is 0 Å². The van der Waals surface area contributed by atoms with Gasteiger partial charge in [0.15, 0.2) is 0 Å². The highest BCUT2D eigenvalue weighted by molar-refractivity contribution is 5.94. The quantitative estimate of drug-likeness (QED) is 0.799. The number of benzene rings is 1. The van der Waals surface area contributed by atoms with Crippen molar-refractivity contribution in [1.29, 1.82) is 0 Å². The van der Waals surface area contributed by atoms with E-state index < -0.39 is 17.4 Å². The summed E-state index contributed by atoms with van der Waals surface area (Å²) in [5.74, 6) is -0.493. The molecule has 25 heavy (non-hydrogen) atoms. The molecule has 0 aliphatic carbocycles. The van der Waals surface area contributed by atoms with E-state index in [0.29, 0.717) is 22.8 Å². The summed E-state index contributed by atoms with van der Waals surface area (Å²) < 4.78 is 10.1. The number of rotatable bonds is 7. The van der Waals surface area contributed by atoms with E-state index in [9.17, 15) is 14.7 Å². The van der Waals surface area contributed by atoms with Crippen molar-refractivity contribution in [3.05, 3.63) is 53.7 Å². The van der Waals surface area contributed by atoms with Gasteiger partial charge in [0.1, 0.15) is 5.75 Å². The van der Waals surface area contributed by atoms with E-state index >= 15 is 0 Å². The van der Waals surface area contributed by atoms with E-state index in [1.165, 1.54) is 20.4 Å². The first-order chi connectivity index (χ1) is 11.9. The third kappa shape index (κ3) is 4.47. The highest BCUT2D eigenvalue weighted by atomic mass is 16.5. The highest BCUT2D eigenvalue weighted by Crippen LogP contribution is 2.28. The van der Waals surface area contributed by atoms with Gasteiger partial charge in [0, 0.05) is 12.3 Å². The summed E-state index contributed by atoms with van der Waals surface area (Å²) in [6.45, 7) is 1.66. The molecule has 0 aliphatic rings. The number of hydrogen-bond donors (Lipinski definition) is 2. The van der Waals surface area contributed by atoms with Crippen molar-refractivity contribution in [1.82, 2.24) is 10.3 Å². The van der Waals surface area contributed by atoms with Gasteiger partial charge in [-0.15, -0.1) is 0 Å². The van der Waals surface area contributed by atoms with Crippen molar-refractivity contribution in [2.24, 2.45) is 0 Å². The number of ether oxygens (including phenoxy) is 2. The number of carboxylic acid groups (broad SMARTS) is 1. The number of carboxylic acids is 1. The van der Waals surface area contributed by atoms with Gasteiger partial charge in [0.05, 0.1) is 31.7 Å². The number of hydrogen-bond acceptors (Lipinski definition) is 5. The van der Waals surface area contributed by atoms with Crippen LogP contribution in [0.1, 0.15) is 29.3 Å². The summed E-state index contributed by atoms with van der Waals surface area (Å²) in [5, 5.41) is 12.1. The lowest BCUT2D eigenvalue weighted by Gasteiger charge is -2.30. The molecule has 1 atom stereocenters. The SMILES string of the molecule is COc1cccc(C(C)(CC(=O)O)NC(=O)c2ccc(OC)nc2)c1. The molecule has 0 fully saturated rings. The number of carbonyl (C=O) groups excluding carboxylic acids is 1. The van der Waals surface area contributed by atoms with Crippen LogP contribution in [0, 0.1) is 0 Å². The van der Waals surface area contributed by atoms with Crippen molar-refractivity contribution in [2.45, 2.75) is 18.9 Å². The van der Waals surface area contributed by atoms with Crippen LogP contribution in [0.2, 0.25) is 0 Å². The molecule has 1 heterocycles. The molecule has 0 radical (unpaired) electrons. The number of amides is 1. The zero-order chi connectivity index (χ0) is 18.4. The van der Waals surface area contributed by atoms with Crippen LogP contribution < -0.4 is 14.8 Å². The van der Waals surface area contributed by atoms with Crippen LogP contribution in [0.15, 0.2) is 42.6 Å². The number of aliphatic carboxylic acids is 1. The number of pyridine rings is 1. The summed E-state index contributed by atoms with van der Waals surface area (Å²) in [6.07, 6.45) is 1.09. The zero-order valence-electron chi connectivity index (χ0n) is 14.3. The first-order valence-corrected chi connectivity index (χ1v) is 7.57. The minimum atomic E-state index is -1.11. The Bertz CT molecular complexity index is 760. The monoisotopic (exact) mass is 344 g/mol. The number of aromatic nitrogens is 1. The topological polar surface area (TPSA) is 97.8 Å². The third-order valence-electron chi connectivity index (χ3n) is 3.81. The van der Waals surface area contributed by atoms with Gasteiger partial charge in [-0.25, -0.2) is 4.98 Å². The molecule has 2 rings (SSSR count). The van der Waals surface area contributed by atoms with Gasteiger partial charge in [0.2, 0.25) is 5.88 Å². The lowest BCUT2D eigenvalue weighted by Crippen LogP contribution is -2.45. The summed E-state index contributed by atoms with van der Waals surface area (Å²) in [7, 11) is 3.00. The van der Waals surface area contributed by atoms with Crippen LogP contribution in [-0.2, 0) is 10.3 Å². The normalized spacial score (nSPS) is 12.8. The van der Waals surface area contributed by atoms with Gasteiger partial charge >= 0.3 is 5.97 Å². The lowest BCUT2D eigenvalue weighted by atomic mass is 9.88. The molecule has 1 aromatic heterocycles. The molecular formula is C18H20N2O5. The number of methoxy groups -OCH3 is 2. The average Bonchev–Trinajstić information content (AvgIpc) is 2.61. The highest BCUT2D eigenvalue weighted by Gasteiger charge is 2.32. The van der Waals surface area contributed by atoms with Crippen molar-refractivity contribution >= 4 is 11.9 Å². The second-order valence-electron chi connectivity index (χ2n) is 5.68. The Morgan fingerprint density at radius 3 is 2.52 bits per heavy atom. The largest absolute Gasteiger partial charge is 0.497 e. The van der Waals surface area contributed by atoms with Crippen LogP contribution in [-0.4, -0.2) is 36.2 Å². The molecule has 0 aliphatic heterocycles. The summed E-state index contributed by atoms with van der Waals surface area (Å²) in [4.78, 5) is 27.9. The smallest absolute Gasteiger partial charge is 0.306 e. The fourth-order valence-electron chi connectivity index (χ4n) is 2.45. The molecule has 2 N–H and O–H groups in total. The minimum absolute atomic E-state index is 0.282. The molecule has 0 saturated heterocycles. The lowest BCUT2D eigenvalue weighted by molar-refractivity contribution is -0.138. The van der Waals surface area contributed by atoms with Crippen molar-refractivity contribution in [2.75, 3.05) is 14.2 Å². The fourth-order valence-corrected chi connectivity index (χ4v) is 2.45. The predicted octanol–water partition coefficient (Wildman–Crippen LogP) is 2.22. The summed E-state index contributed by atoms with van der Waals surface area (Å²) in [6, 6.07) is 10.1. The minimum Gasteiger partial charge on any atom is -0.497 e. The maximum Gasteiger partial charge on any atom is 0.306 e. The molecule has 0 bridgehead atoms. The number of carbonyl (C=O) groups is 2. The second-order valence-corrected chi connectivity index (χ2v) is 5.68. The Labute approximate surface area is 145 Å². The van der Waals surface area contributed by atoms with E-state index in [1.54, 1.807) is 43.3 Å². The number of nitrogens with one attached hydrogen (secondary N) is 1. The third-order valence-corrected chi connectivity index (χ3v) is 3.81. The Balaban J connectivity index is 2.32. The first-order valence-electron chi connectivity index (χ1n) is 7.57. The van der Waals surface area contributed by atoms with Crippen LogP contribution in [0.3, 0.4) is 0 Å². The molecule has 1 unspecified atom stereocenters. The second kappa shape index (κ2) is 7.65. The predicted molar refractivity (Wildman–Crippen MR) is 90.9 cm³/mol. The Kier molecular flexibility index (Phi) is 5.59. The van der Waals surface area contributed by atoms with Crippen LogP contribution >= 0.6 is 0 Å². The first kappa shape index (κ1) is 18.3. The van der Waals surface area contributed by atoms with Crippen LogP contribution in [0.5, 0.6) is 11.6 Å². The van der Waals surface area contributed by atoms with E-state index in [0.717, 1.165) is 0 Å². The summed E-state index contributed by atoms with van der Waals surface area (Å²) in [5.41, 5.74) is -0.179. The van der Waals surface area contributed by atoms with Crippen LogP contribution in [0.25, 0.3) is 0 Å². The fraction of sp³-hybridized carbons (Fsp3) is 0.278. The Morgan fingerprint density at radius 1 is 1.20 bits per heavy atom. The van der Waals surface area contributed by atoms with E-state index in [4.69, 9.17) is 9.47 Å². The Hall–Kier alpha value is -3.09.